The Morgan fingerprint density at radius 2 is 1.95 bits per heavy atom. The molecule has 3 aromatic rings. The number of carbonyl (C=O) groups is 1. The molecule has 0 unspecified atom stereocenters. The van der Waals surface area contributed by atoms with E-state index in [0.717, 1.165) is 21.7 Å². The third-order valence-electron chi connectivity index (χ3n) is 3.37. The summed E-state index contributed by atoms with van der Waals surface area (Å²) in [5.74, 6) is 0. The fraction of sp³-hybridized carbons (Fsp3) is 0.118. The molecule has 2 amide bonds. The first kappa shape index (κ1) is 14.8. The van der Waals surface area contributed by atoms with Crippen molar-refractivity contribution in [3.63, 3.8) is 0 Å². The van der Waals surface area contributed by atoms with Gasteiger partial charge in [0.05, 0.1) is 6.04 Å². The zero-order chi connectivity index (χ0) is 15.4. The fourth-order valence-electron chi connectivity index (χ4n) is 2.22. The van der Waals surface area contributed by atoms with Crippen LogP contribution in [0.25, 0.3) is 0 Å². The summed E-state index contributed by atoms with van der Waals surface area (Å²) < 4.78 is 0. The molecule has 112 valence electrons. The molecule has 0 fully saturated rings. The number of amides is 2. The Morgan fingerprint density at radius 1 is 1.09 bits per heavy atom. The summed E-state index contributed by atoms with van der Waals surface area (Å²) >= 11 is 3.27. The molecular formula is C17H16N2OS2. The molecule has 22 heavy (non-hydrogen) atoms. The molecule has 2 aromatic heterocycles. The van der Waals surface area contributed by atoms with Gasteiger partial charge in [0.1, 0.15) is 0 Å². The van der Waals surface area contributed by atoms with Gasteiger partial charge in [-0.1, -0.05) is 24.3 Å². The number of carbonyl (C=O) groups excluding carboxylic acids is 1. The zero-order valence-corrected chi connectivity index (χ0v) is 13.7. The maximum Gasteiger partial charge on any atom is 0.320 e. The van der Waals surface area contributed by atoms with Gasteiger partial charge in [0.2, 0.25) is 0 Å². The fourth-order valence-corrected chi connectivity index (χ4v) is 3.70. The van der Waals surface area contributed by atoms with E-state index in [1.165, 1.54) is 0 Å². The lowest BCUT2D eigenvalue weighted by Gasteiger charge is -2.17. The second-order valence-electron chi connectivity index (χ2n) is 4.92. The first-order chi connectivity index (χ1) is 10.7. The Bertz CT molecular complexity index is 702. The number of urea groups is 1. The smallest absolute Gasteiger partial charge is 0.320 e. The average Bonchev–Trinajstić information content (AvgIpc) is 3.21. The van der Waals surface area contributed by atoms with Gasteiger partial charge in [0.15, 0.2) is 0 Å². The van der Waals surface area contributed by atoms with E-state index in [-0.39, 0.29) is 12.1 Å². The molecule has 0 bridgehead atoms. The van der Waals surface area contributed by atoms with E-state index in [0.29, 0.717) is 0 Å². The zero-order valence-electron chi connectivity index (χ0n) is 12.1. The van der Waals surface area contributed by atoms with E-state index < -0.39 is 0 Å². The summed E-state index contributed by atoms with van der Waals surface area (Å²) in [7, 11) is 0. The van der Waals surface area contributed by atoms with Gasteiger partial charge in [-0.05, 0) is 52.4 Å². The van der Waals surface area contributed by atoms with Crippen LogP contribution in [0.15, 0.2) is 58.6 Å². The van der Waals surface area contributed by atoms with Crippen LogP contribution in [-0.4, -0.2) is 6.03 Å². The van der Waals surface area contributed by atoms with Gasteiger partial charge in [0, 0.05) is 10.6 Å². The quantitative estimate of drug-likeness (QED) is 0.693. The van der Waals surface area contributed by atoms with Crippen molar-refractivity contribution >= 4 is 34.4 Å². The Hall–Kier alpha value is -2.11. The first-order valence-electron chi connectivity index (χ1n) is 6.92. The van der Waals surface area contributed by atoms with E-state index in [1.807, 2.05) is 60.1 Å². The van der Waals surface area contributed by atoms with Crippen molar-refractivity contribution in [3.05, 3.63) is 74.6 Å². The van der Waals surface area contributed by atoms with E-state index in [9.17, 15) is 4.79 Å². The summed E-state index contributed by atoms with van der Waals surface area (Å²) in [5, 5.41) is 12.1. The van der Waals surface area contributed by atoms with E-state index in [4.69, 9.17) is 0 Å². The molecule has 3 rings (SSSR count). The SMILES string of the molecule is Cc1ccccc1NC(=O)N[C@H](c1ccsc1)c1cccs1. The van der Waals surface area contributed by atoms with Gasteiger partial charge in [-0.25, -0.2) is 4.79 Å². The van der Waals surface area contributed by atoms with Crippen molar-refractivity contribution in [1.29, 1.82) is 0 Å². The summed E-state index contributed by atoms with van der Waals surface area (Å²) in [5.41, 5.74) is 2.98. The van der Waals surface area contributed by atoms with Gasteiger partial charge in [-0.3, -0.25) is 0 Å². The number of nitrogens with one attached hydrogen (secondary N) is 2. The highest BCUT2D eigenvalue weighted by Crippen LogP contribution is 2.27. The van der Waals surface area contributed by atoms with Gasteiger partial charge in [-0.15, -0.1) is 11.3 Å². The van der Waals surface area contributed by atoms with Crippen LogP contribution in [-0.2, 0) is 0 Å². The Balaban J connectivity index is 1.77. The molecule has 1 atom stereocenters. The van der Waals surface area contributed by atoms with Crippen LogP contribution in [0.3, 0.4) is 0 Å². The number of para-hydroxylation sites is 1. The molecule has 2 N–H and O–H groups in total. The van der Waals surface area contributed by atoms with Gasteiger partial charge >= 0.3 is 6.03 Å². The largest absolute Gasteiger partial charge is 0.326 e. The summed E-state index contributed by atoms with van der Waals surface area (Å²) in [6.07, 6.45) is 0. The monoisotopic (exact) mass is 328 g/mol. The average molecular weight is 328 g/mol. The van der Waals surface area contributed by atoms with Crippen LogP contribution < -0.4 is 10.6 Å². The molecule has 2 heterocycles. The van der Waals surface area contributed by atoms with Crippen LogP contribution in [0.1, 0.15) is 22.0 Å². The Kier molecular flexibility index (Phi) is 4.56. The maximum atomic E-state index is 12.4. The van der Waals surface area contributed by atoms with Crippen LogP contribution in [0.2, 0.25) is 0 Å². The summed E-state index contributed by atoms with van der Waals surface area (Å²) in [6, 6.07) is 13.5. The normalized spacial score (nSPS) is 11.9. The van der Waals surface area contributed by atoms with Gasteiger partial charge in [0.25, 0.3) is 0 Å². The number of rotatable bonds is 4. The number of hydrogen-bond acceptors (Lipinski definition) is 3. The van der Waals surface area contributed by atoms with Crippen molar-refractivity contribution < 1.29 is 4.79 Å². The molecule has 0 spiro atoms. The second kappa shape index (κ2) is 6.77. The van der Waals surface area contributed by atoms with Crippen LogP contribution in [0, 0.1) is 6.92 Å². The van der Waals surface area contributed by atoms with Crippen LogP contribution in [0.4, 0.5) is 10.5 Å². The lowest BCUT2D eigenvalue weighted by Crippen LogP contribution is -2.32. The molecular weight excluding hydrogens is 312 g/mol. The molecule has 3 nitrogen and oxygen atoms in total. The first-order valence-corrected chi connectivity index (χ1v) is 8.75. The van der Waals surface area contributed by atoms with Crippen LogP contribution in [0.5, 0.6) is 0 Å². The van der Waals surface area contributed by atoms with Crippen LogP contribution >= 0.6 is 22.7 Å². The molecule has 0 aliphatic rings. The minimum atomic E-state index is -0.195. The highest BCUT2D eigenvalue weighted by molar-refractivity contribution is 7.10. The lowest BCUT2D eigenvalue weighted by atomic mass is 10.1. The number of benzene rings is 1. The van der Waals surface area contributed by atoms with Crippen molar-refractivity contribution in [3.8, 4) is 0 Å². The molecule has 0 saturated carbocycles. The number of hydrogen-bond donors (Lipinski definition) is 2. The Labute approximate surface area is 137 Å². The predicted molar refractivity (Wildman–Crippen MR) is 93.8 cm³/mol. The van der Waals surface area contributed by atoms with Crippen molar-refractivity contribution in [2.75, 3.05) is 5.32 Å². The highest BCUT2D eigenvalue weighted by Gasteiger charge is 2.18. The van der Waals surface area contributed by atoms with Crippen molar-refractivity contribution in [2.24, 2.45) is 0 Å². The number of aryl methyl sites for hydroxylation is 1. The maximum absolute atomic E-state index is 12.4. The summed E-state index contributed by atoms with van der Waals surface area (Å²) in [4.78, 5) is 13.5. The second-order valence-corrected chi connectivity index (χ2v) is 6.68. The minimum Gasteiger partial charge on any atom is -0.326 e. The van der Waals surface area contributed by atoms with Gasteiger partial charge < -0.3 is 10.6 Å². The Morgan fingerprint density at radius 3 is 2.64 bits per heavy atom. The van der Waals surface area contributed by atoms with Crippen molar-refractivity contribution in [1.82, 2.24) is 5.32 Å². The molecule has 0 radical (unpaired) electrons. The lowest BCUT2D eigenvalue weighted by molar-refractivity contribution is 0.250. The third kappa shape index (κ3) is 3.37. The topological polar surface area (TPSA) is 41.1 Å². The molecule has 0 aliphatic carbocycles. The molecule has 5 heteroatoms. The van der Waals surface area contributed by atoms with Gasteiger partial charge in [-0.2, -0.15) is 11.3 Å². The van der Waals surface area contributed by atoms with E-state index in [1.54, 1.807) is 22.7 Å². The molecule has 0 aliphatic heterocycles. The van der Waals surface area contributed by atoms with Crippen molar-refractivity contribution in [2.45, 2.75) is 13.0 Å². The predicted octanol–water partition coefficient (Wildman–Crippen LogP) is 5.03. The minimum absolute atomic E-state index is 0.115. The van der Waals surface area contributed by atoms with E-state index in [2.05, 4.69) is 16.0 Å². The standard InChI is InChI=1S/C17H16N2OS2/c1-12-5-2-3-6-14(12)18-17(20)19-16(13-8-10-21-11-13)15-7-4-9-22-15/h2-11,16H,1H3,(H2,18,19,20)/t16-/m1/s1. The molecule has 0 saturated heterocycles. The van der Waals surface area contributed by atoms with E-state index >= 15 is 0 Å². The highest BCUT2D eigenvalue weighted by atomic mass is 32.1. The number of anilines is 1. The summed E-state index contributed by atoms with van der Waals surface area (Å²) in [6.45, 7) is 1.98. The number of thiophene rings is 2. The molecule has 1 aromatic carbocycles. The third-order valence-corrected chi connectivity index (χ3v) is 5.01.